The summed E-state index contributed by atoms with van der Waals surface area (Å²) in [7, 11) is 0. The van der Waals surface area contributed by atoms with E-state index < -0.39 is 48.9 Å². The Bertz CT molecular complexity index is 504. The second-order valence-corrected chi connectivity index (χ2v) is 9.21. The average Bonchev–Trinajstić information content (AvgIpc) is 2.79. The summed E-state index contributed by atoms with van der Waals surface area (Å²) in [6, 6.07) is 0. The molecule has 1 aliphatic rings. The molecule has 1 saturated heterocycles. The maximum atomic E-state index is 11.1. The van der Waals surface area contributed by atoms with Crippen molar-refractivity contribution in [3.05, 3.63) is 0 Å². The molecule has 5 unspecified atom stereocenters. The highest BCUT2D eigenvalue weighted by atomic mass is 16.7. The standard InChI is InChI=1S/C24H46O9/c1-2-3-4-5-6-7-8-9-10-11-12-13-14-17(25)18(26)15-16-32-24-21(29)19(27)20(28)22(33-24)23(30)31/h17-22,24-29H,2-16H2,1H3,(H,30,31)/t17-,18+,19?,20?,21?,22?,24?/m1/s1. The molecule has 1 fully saturated rings. The van der Waals surface area contributed by atoms with Gasteiger partial charge < -0.3 is 40.1 Å². The number of ether oxygens (including phenoxy) is 2. The van der Waals surface area contributed by atoms with Crippen LogP contribution < -0.4 is 0 Å². The molecule has 0 aromatic carbocycles. The van der Waals surface area contributed by atoms with Gasteiger partial charge in [-0.2, -0.15) is 0 Å². The normalized spacial score (nSPS) is 27.4. The molecule has 0 amide bonds. The molecule has 196 valence electrons. The smallest absolute Gasteiger partial charge is 0.335 e. The minimum Gasteiger partial charge on any atom is -0.479 e. The van der Waals surface area contributed by atoms with Gasteiger partial charge in [0.25, 0.3) is 0 Å². The Hall–Kier alpha value is -0.810. The highest BCUT2D eigenvalue weighted by molar-refractivity contribution is 5.73. The number of aliphatic hydroxyl groups excluding tert-OH is 5. The van der Waals surface area contributed by atoms with Crippen molar-refractivity contribution in [1.29, 1.82) is 0 Å². The molecule has 6 N–H and O–H groups in total. The van der Waals surface area contributed by atoms with Gasteiger partial charge in [0.05, 0.1) is 18.8 Å². The van der Waals surface area contributed by atoms with Crippen LogP contribution in [0.1, 0.15) is 96.8 Å². The molecule has 0 aromatic heterocycles. The van der Waals surface area contributed by atoms with Crippen LogP contribution in [0.25, 0.3) is 0 Å². The lowest BCUT2D eigenvalue weighted by molar-refractivity contribution is -0.295. The van der Waals surface area contributed by atoms with E-state index in [-0.39, 0.29) is 13.0 Å². The number of carboxylic acid groups (broad SMARTS) is 1. The summed E-state index contributed by atoms with van der Waals surface area (Å²) >= 11 is 0. The summed E-state index contributed by atoms with van der Waals surface area (Å²) in [4.78, 5) is 11.1. The van der Waals surface area contributed by atoms with E-state index in [0.29, 0.717) is 6.42 Å². The van der Waals surface area contributed by atoms with E-state index in [4.69, 9.17) is 14.6 Å². The van der Waals surface area contributed by atoms with Gasteiger partial charge in [0.2, 0.25) is 0 Å². The molecule has 1 aliphatic heterocycles. The van der Waals surface area contributed by atoms with Crippen LogP contribution in [-0.4, -0.2) is 86.1 Å². The summed E-state index contributed by atoms with van der Waals surface area (Å²) < 4.78 is 10.3. The predicted octanol–water partition coefficient (Wildman–Crippen LogP) is 2.10. The fraction of sp³-hybridized carbons (Fsp3) is 0.958. The average molecular weight is 479 g/mol. The zero-order valence-corrected chi connectivity index (χ0v) is 20.1. The Morgan fingerprint density at radius 2 is 1.24 bits per heavy atom. The van der Waals surface area contributed by atoms with Crippen LogP contribution >= 0.6 is 0 Å². The van der Waals surface area contributed by atoms with Crippen molar-refractivity contribution in [1.82, 2.24) is 0 Å². The second-order valence-electron chi connectivity index (χ2n) is 9.21. The number of rotatable bonds is 19. The van der Waals surface area contributed by atoms with Crippen molar-refractivity contribution in [2.24, 2.45) is 0 Å². The summed E-state index contributed by atoms with van der Waals surface area (Å²) in [5.41, 5.74) is 0. The van der Waals surface area contributed by atoms with Crippen molar-refractivity contribution in [3.63, 3.8) is 0 Å². The molecule has 1 heterocycles. The number of aliphatic carboxylic acids is 1. The van der Waals surface area contributed by atoms with Crippen LogP contribution in [0.4, 0.5) is 0 Å². The molecule has 9 nitrogen and oxygen atoms in total. The Kier molecular flexibility index (Phi) is 16.1. The largest absolute Gasteiger partial charge is 0.479 e. The van der Waals surface area contributed by atoms with Crippen LogP contribution in [-0.2, 0) is 14.3 Å². The van der Waals surface area contributed by atoms with Crippen molar-refractivity contribution in [2.75, 3.05) is 6.61 Å². The number of carbonyl (C=O) groups is 1. The maximum Gasteiger partial charge on any atom is 0.335 e. The number of hydrogen-bond acceptors (Lipinski definition) is 8. The van der Waals surface area contributed by atoms with Crippen LogP contribution in [0.2, 0.25) is 0 Å². The summed E-state index contributed by atoms with van der Waals surface area (Å²) in [5, 5.41) is 58.6. The zero-order chi connectivity index (χ0) is 24.6. The first-order valence-corrected chi connectivity index (χ1v) is 12.7. The number of unbranched alkanes of at least 4 members (excludes halogenated alkanes) is 11. The Morgan fingerprint density at radius 1 is 0.758 bits per heavy atom. The Morgan fingerprint density at radius 3 is 1.76 bits per heavy atom. The summed E-state index contributed by atoms with van der Waals surface area (Å²) in [6.07, 6.45) is 4.97. The Labute approximate surface area is 197 Å². The lowest BCUT2D eigenvalue weighted by Crippen LogP contribution is -2.60. The quantitative estimate of drug-likeness (QED) is 0.153. The third-order valence-electron chi connectivity index (χ3n) is 6.31. The monoisotopic (exact) mass is 478 g/mol. The molecule has 0 aliphatic carbocycles. The highest BCUT2D eigenvalue weighted by Crippen LogP contribution is 2.23. The molecule has 9 heteroatoms. The maximum absolute atomic E-state index is 11.1. The first-order chi connectivity index (χ1) is 15.8. The number of aliphatic hydroxyl groups is 5. The van der Waals surface area contributed by atoms with Crippen LogP contribution in [0.5, 0.6) is 0 Å². The van der Waals surface area contributed by atoms with E-state index in [9.17, 15) is 30.3 Å². The second kappa shape index (κ2) is 17.6. The highest BCUT2D eigenvalue weighted by Gasteiger charge is 2.47. The minimum absolute atomic E-state index is 0.0579. The van der Waals surface area contributed by atoms with Gasteiger partial charge in [-0.1, -0.05) is 84.0 Å². The number of hydrogen-bond donors (Lipinski definition) is 6. The summed E-state index contributed by atoms with van der Waals surface area (Å²) in [6.45, 7) is 2.11. The molecule has 7 atom stereocenters. The first-order valence-electron chi connectivity index (χ1n) is 12.7. The molecule has 0 saturated carbocycles. The van der Waals surface area contributed by atoms with E-state index in [0.717, 1.165) is 19.3 Å². The van der Waals surface area contributed by atoms with Crippen LogP contribution in [0, 0.1) is 0 Å². The van der Waals surface area contributed by atoms with Gasteiger partial charge in [0.1, 0.15) is 18.3 Å². The molecule has 0 aromatic rings. The van der Waals surface area contributed by atoms with Crippen molar-refractivity contribution >= 4 is 5.97 Å². The van der Waals surface area contributed by atoms with Crippen LogP contribution in [0.3, 0.4) is 0 Å². The van der Waals surface area contributed by atoms with Crippen molar-refractivity contribution in [2.45, 2.75) is 140 Å². The molecule has 1 rings (SSSR count). The molecular formula is C24H46O9. The Balaban J connectivity index is 2.08. The van der Waals surface area contributed by atoms with E-state index in [1.54, 1.807) is 0 Å². The predicted molar refractivity (Wildman–Crippen MR) is 123 cm³/mol. The molecule has 0 radical (unpaired) electrons. The van der Waals surface area contributed by atoms with Gasteiger partial charge in [-0.25, -0.2) is 4.79 Å². The van der Waals surface area contributed by atoms with Gasteiger partial charge in [0, 0.05) is 0 Å². The third-order valence-corrected chi connectivity index (χ3v) is 6.31. The van der Waals surface area contributed by atoms with Gasteiger partial charge in [0.15, 0.2) is 12.4 Å². The SMILES string of the molecule is CCCCCCCCCCCCCC[C@@H](O)[C@@H](O)CCOC1OC(C(=O)O)C(O)C(O)C1O. The third kappa shape index (κ3) is 11.9. The fourth-order valence-corrected chi connectivity index (χ4v) is 4.07. The molecule has 0 bridgehead atoms. The minimum atomic E-state index is -1.78. The molecular weight excluding hydrogens is 432 g/mol. The topological polar surface area (TPSA) is 157 Å². The van der Waals surface area contributed by atoms with Gasteiger partial charge in [-0.15, -0.1) is 0 Å². The van der Waals surface area contributed by atoms with Gasteiger partial charge in [-0.3, -0.25) is 0 Å². The lowest BCUT2D eigenvalue weighted by atomic mass is 9.99. The van der Waals surface area contributed by atoms with Crippen molar-refractivity contribution < 1.29 is 44.9 Å². The molecule has 0 spiro atoms. The van der Waals surface area contributed by atoms with Crippen molar-refractivity contribution in [3.8, 4) is 0 Å². The van der Waals surface area contributed by atoms with E-state index >= 15 is 0 Å². The summed E-state index contributed by atoms with van der Waals surface area (Å²) in [5.74, 6) is -1.49. The molecule has 33 heavy (non-hydrogen) atoms. The first kappa shape index (κ1) is 30.2. The number of carboxylic acids is 1. The van der Waals surface area contributed by atoms with E-state index in [1.807, 2.05) is 0 Å². The van der Waals surface area contributed by atoms with Crippen LogP contribution in [0.15, 0.2) is 0 Å². The fourth-order valence-electron chi connectivity index (χ4n) is 4.07. The van der Waals surface area contributed by atoms with Gasteiger partial charge >= 0.3 is 5.97 Å². The van der Waals surface area contributed by atoms with Gasteiger partial charge in [-0.05, 0) is 12.8 Å². The zero-order valence-electron chi connectivity index (χ0n) is 20.1. The lowest BCUT2D eigenvalue weighted by Gasteiger charge is -2.38. The van der Waals surface area contributed by atoms with E-state index in [2.05, 4.69) is 6.92 Å². The van der Waals surface area contributed by atoms with E-state index in [1.165, 1.54) is 57.8 Å².